The summed E-state index contributed by atoms with van der Waals surface area (Å²) in [5, 5.41) is 3.47. The molecule has 0 aliphatic carbocycles. The molecule has 0 radical (unpaired) electrons. The Bertz CT molecular complexity index is 446. The Morgan fingerprint density at radius 1 is 1.14 bits per heavy atom. The highest BCUT2D eigenvalue weighted by molar-refractivity contribution is 14.0. The second-order valence-electron chi connectivity index (χ2n) is 5.68. The van der Waals surface area contributed by atoms with Gasteiger partial charge >= 0.3 is 0 Å². The Morgan fingerprint density at radius 2 is 1.77 bits per heavy atom. The number of hydrogen-bond acceptors (Lipinski definition) is 2. The summed E-state index contributed by atoms with van der Waals surface area (Å²) >= 11 is 0. The number of guanidine groups is 1. The number of nitrogens with zero attached hydrogens (tertiary/aromatic N) is 3. The van der Waals surface area contributed by atoms with E-state index in [0.717, 1.165) is 25.6 Å². The van der Waals surface area contributed by atoms with Crippen LogP contribution in [0.25, 0.3) is 0 Å². The molecule has 4 nitrogen and oxygen atoms in total. The van der Waals surface area contributed by atoms with Gasteiger partial charge in [-0.2, -0.15) is 0 Å². The third-order valence-corrected chi connectivity index (χ3v) is 3.46. The van der Waals surface area contributed by atoms with Crippen LogP contribution in [0.5, 0.6) is 0 Å². The highest BCUT2D eigenvalue weighted by Crippen LogP contribution is 2.10. The van der Waals surface area contributed by atoms with Crippen molar-refractivity contribution < 1.29 is 0 Å². The number of nitrogens with one attached hydrogen (secondary N) is 1. The highest BCUT2D eigenvalue weighted by Gasteiger charge is 2.07. The smallest absolute Gasteiger partial charge is 0.193 e. The average Bonchev–Trinajstić information content (AvgIpc) is 2.46. The van der Waals surface area contributed by atoms with Crippen molar-refractivity contribution in [3.05, 3.63) is 35.4 Å². The van der Waals surface area contributed by atoms with Gasteiger partial charge in [-0.1, -0.05) is 37.6 Å². The molecule has 126 valence electrons. The molecule has 0 aliphatic heterocycles. The molecule has 22 heavy (non-hydrogen) atoms. The van der Waals surface area contributed by atoms with Gasteiger partial charge in [-0.15, -0.1) is 24.0 Å². The second kappa shape index (κ2) is 11.7. The number of halogens is 1. The van der Waals surface area contributed by atoms with Crippen molar-refractivity contribution in [2.24, 2.45) is 4.99 Å². The van der Waals surface area contributed by atoms with Crippen molar-refractivity contribution >= 4 is 29.9 Å². The quantitative estimate of drug-likeness (QED) is 0.419. The third-order valence-electron chi connectivity index (χ3n) is 3.46. The minimum atomic E-state index is 0. The Morgan fingerprint density at radius 3 is 2.32 bits per heavy atom. The van der Waals surface area contributed by atoms with Gasteiger partial charge in [0.1, 0.15) is 0 Å². The second-order valence-corrected chi connectivity index (χ2v) is 5.68. The van der Waals surface area contributed by atoms with Crippen molar-refractivity contribution in [2.75, 3.05) is 34.7 Å². The van der Waals surface area contributed by atoms with E-state index in [1.807, 2.05) is 7.05 Å². The predicted molar refractivity (Wildman–Crippen MR) is 107 cm³/mol. The maximum Gasteiger partial charge on any atom is 0.193 e. The molecule has 0 aromatic heterocycles. The van der Waals surface area contributed by atoms with Crippen molar-refractivity contribution in [3.8, 4) is 0 Å². The lowest BCUT2D eigenvalue weighted by atomic mass is 10.1. The van der Waals surface area contributed by atoms with Crippen LogP contribution in [0.4, 0.5) is 0 Å². The minimum Gasteiger partial charge on any atom is -0.352 e. The van der Waals surface area contributed by atoms with E-state index in [4.69, 9.17) is 0 Å². The summed E-state index contributed by atoms with van der Waals surface area (Å²) in [5.41, 5.74) is 2.69. The van der Waals surface area contributed by atoms with E-state index in [2.05, 4.69) is 72.4 Å². The molecule has 1 aromatic rings. The largest absolute Gasteiger partial charge is 0.352 e. The fraction of sp³-hybridized carbons (Fsp3) is 0.588. The zero-order valence-electron chi connectivity index (χ0n) is 14.6. The molecule has 0 amide bonds. The molecular formula is C17H31IN4. The molecule has 1 N–H and O–H groups in total. The number of benzene rings is 1. The van der Waals surface area contributed by atoms with E-state index in [0.29, 0.717) is 0 Å². The standard InChI is InChI=1S/C17H30N4.HI/c1-6-7-12-21(5)17(18-2)19-13-15-10-8-9-11-16(15)14-20(3)4;/h8-11H,6-7,12-14H2,1-5H3,(H,18,19);1H. The zero-order valence-corrected chi connectivity index (χ0v) is 16.9. The van der Waals surface area contributed by atoms with E-state index >= 15 is 0 Å². The number of rotatable bonds is 7. The van der Waals surface area contributed by atoms with E-state index in [1.54, 1.807) is 0 Å². The Balaban J connectivity index is 0.00000441. The minimum absolute atomic E-state index is 0. The van der Waals surface area contributed by atoms with Crippen LogP contribution < -0.4 is 5.32 Å². The van der Waals surface area contributed by atoms with Crippen LogP contribution >= 0.6 is 24.0 Å². The first-order valence-corrected chi connectivity index (χ1v) is 7.71. The number of hydrogen-bond donors (Lipinski definition) is 1. The normalized spacial score (nSPS) is 11.3. The monoisotopic (exact) mass is 418 g/mol. The fourth-order valence-electron chi connectivity index (χ4n) is 2.29. The molecule has 0 heterocycles. The summed E-state index contributed by atoms with van der Waals surface area (Å²) in [5.74, 6) is 0.961. The number of aliphatic imine (C=N–C) groups is 1. The fourth-order valence-corrected chi connectivity index (χ4v) is 2.29. The van der Waals surface area contributed by atoms with Gasteiger partial charge in [0.2, 0.25) is 0 Å². The molecular weight excluding hydrogens is 387 g/mol. The van der Waals surface area contributed by atoms with Crippen molar-refractivity contribution in [1.82, 2.24) is 15.1 Å². The van der Waals surface area contributed by atoms with E-state index in [-0.39, 0.29) is 24.0 Å². The number of unbranched alkanes of at least 4 members (excludes halogenated alkanes) is 1. The van der Waals surface area contributed by atoms with Crippen molar-refractivity contribution in [2.45, 2.75) is 32.9 Å². The molecule has 0 fully saturated rings. The van der Waals surface area contributed by atoms with Gasteiger partial charge in [-0.25, -0.2) is 0 Å². The SMILES string of the molecule is CCCCN(C)C(=NC)NCc1ccccc1CN(C)C.I. The molecule has 0 spiro atoms. The highest BCUT2D eigenvalue weighted by atomic mass is 127. The maximum absolute atomic E-state index is 4.37. The topological polar surface area (TPSA) is 30.9 Å². The molecule has 0 bridgehead atoms. The Kier molecular flexibility index (Phi) is 11.3. The first kappa shape index (κ1) is 21.2. The van der Waals surface area contributed by atoms with Crippen molar-refractivity contribution in [3.63, 3.8) is 0 Å². The van der Waals surface area contributed by atoms with E-state index in [9.17, 15) is 0 Å². The van der Waals surface area contributed by atoms with Crippen LogP contribution in [-0.4, -0.2) is 50.5 Å². The zero-order chi connectivity index (χ0) is 15.7. The lowest BCUT2D eigenvalue weighted by Crippen LogP contribution is -2.39. The molecule has 0 saturated heterocycles. The van der Waals surface area contributed by atoms with Crippen LogP contribution in [0, 0.1) is 0 Å². The summed E-state index contributed by atoms with van der Waals surface area (Å²) in [6.45, 7) is 5.02. The predicted octanol–water partition coefficient (Wildman–Crippen LogP) is 3.17. The third kappa shape index (κ3) is 7.45. The summed E-state index contributed by atoms with van der Waals surface area (Å²) in [6, 6.07) is 8.58. The van der Waals surface area contributed by atoms with Gasteiger partial charge in [-0.05, 0) is 31.6 Å². The summed E-state index contributed by atoms with van der Waals surface area (Å²) in [6.07, 6.45) is 2.39. The first-order chi connectivity index (χ1) is 10.1. The lowest BCUT2D eigenvalue weighted by Gasteiger charge is -2.22. The van der Waals surface area contributed by atoms with Crippen LogP contribution in [-0.2, 0) is 13.1 Å². The average molecular weight is 418 g/mol. The summed E-state index contributed by atoms with van der Waals surface area (Å²) in [4.78, 5) is 8.76. The van der Waals surface area contributed by atoms with Crippen LogP contribution in [0.1, 0.15) is 30.9 Å². The van der Waals surface area contributed by atoms with E-state index in [1.165, 1.54) is 24.0 Å². The molecule has 0 atom stereocenters. The van der Waals surface area contributed by atoms with Crippen LogP contribution in [0.15, 0.2) is 29.3 Å². The molecule has 0 aliphatic rings. The summed E-state index contributed by atoms with van der Waals surface area (Å²) < 4.78 is 0. The van der Waals surface area contributed by atoms with Gasteiger partial charge in [0.05, 0.1) is 0 Å². The Hall–Kier alpha value is -0.820. The van der Waals surface area contributed by atoms with Crippen LogP contribution in [0.3, 0.4) is 0 Å². The molecule has 5 heteroatoms. The molecule has 1 rings (SSSR count). The van der Waals surface area contributed by atoms with Crippen molar-refractivity contribution in [1.29, 1.82) is 0 Å². The van der Waals surface area contributed by atoms with Gasteiger partial charge in [0.15, 0.2) is 5.96 Å². The van der Waals surface area contributed by atoms with Crippen LogP contribution in [0.2, 0.25) is 0 Å². The molecule has 0 unspecified atom stereocenters. The Labute approximate surface area is 153 Å². The van der Waals surface area contributed by atoms with Gasteiger partial charge < -0.3 is 15.1 Å². The van der Waals surface area contributed by atoms with Gasteiger partial charge in [0, 0.05) is 33.7 Å². The molecule has 0 saturated carbocycles. The van der Waals surface area contributed by atoms with Gasteiger partial charge in [-0.3, -0.25) is 4.99 Å². The first-order valence-electron chi connectivity index (χ1n) is 7.71. The maximum atomic E-state index is 4.37. The van der Waals surface area contributed by atoms with E-state index < -0.39 is 0 Å². The summed E-state index contributed by atoms with van der Waals surface area (Å²) in [7, 11) is 8.14. The van der Waals surface area contributed by atoms with Gasteiger partial charge in [0.25, 0.3) is 0 Å². The molecule has 1 aromatic carbocycles. The lowest BCUT2D eigenvalue weighted by molar-refractivity contribution is 0.400.